The highest BCUT2D eigenvalue weighted by Gasteiger charge is 2.22. The van der Waals surface area contributed by atoms with Crippen molar-refractivity contribution in [2.45, 2.75) is 18.9 Å². The second-order valence-corrected chi connectivity index (χ2v) is 6.97. The largest absolute Gasteiger partial charge is 0.382 e. The molecule has 4 rings (SSSR count). The maximum atomic E-state index is 14.6. The zero-order valence-electron chi connectivity index (χ0n) is 14.2. The van der Waals surface area contributed by atoms with Gasteiger partial charge in [-0.05, 0) is 42.7 Å². The Morgan fingerprint density at radius 2 is 2.00 bits per heavy atom. The Morgan fingerprint density at radius 3 is 2.69 bits per heavy atom. The first-order valence-corrected chi connectivity index (χ1v) is 8.91. The van der Waals surface area contributed by atoms with Crippen LogP contribution < -0.4 is 5.32 Å². The summed E-state index contributed by atoms with van der Waals surface area (Å²) in [4.78, 5) is 4.65. The van der Waals surface area contributed by atoms with Gasteiger partial charge < -0.3 is 5.32 Å². The van der Waals surface area contributed by atoms with Crippen LogP contribution in [0.4, 0.5) is 4.39 Å². The highest BCUT2D eigenvalue weighted by molar-refractivity contribution is 6.35. The molecule has 1 fully saturated rings. The van der Waals surface area contributed by atoms with Crippen molar-refractivity contribution < 1.29 is 4.39 Å². The first-order valence-electron chi connectivity index (χ1n) is 8.53. The minimum atomic E-state index is -0.321. The van der Waals surface area contributed by atoms with Gasteiger partial charge in [0.2, 0.25) is 0 Å². The van der Waals surface area contributed by atoms with Crippen LogP contribution in [0.1, 0.15) is 24.0 Å². The Morgan fingerprint density at radius 1 is 1.19 bits per heavy atom. The molecule has 0 aliphatic heterocycles. The van der Waals surface area contributed by atoms with Crippen molar-refractivity contribution in [3.05, 3.63) is 77.6 Å². The van der Waals surface area contributed by atoms with E-state index in [9.17, 15) is 4.39 Å². The molecule has 1 saturated carbocycles. The second-order valence-electron chi connectivity index (χ2n) is 6.56. The van der Waals surface area contributed by atoms with E-state index in [1.165, 1.54) is 6.07 Å². The van der Waals surface area contributed by atoms with E-state index < -0.39 is 0 Å². The second kappa shape index (κ2) is 6.58. The number of fused-ring (bicyclic) bond motifs is 1. The van der Waals surface area contributed by atoms with Crippen molar-refractivity contribution in [2.24, 2.45) is 0 Å². The standard InChI is InChI=1S/C22H18ClFN2/c1-3-14-4-8-18-19(23)12-21(26-22(18)10-14)15-5-9-17(20(24)11-15)13(2)25-16-6-7-16/h3-5,8-12,16,25H,1-2,6-7H2. The molecule has 0 unspecified atom stereocenters. The maximum absolute atomic E-state index is 14.6. The number of nitrogens with one attached hydrogen (secondary N) is 1. The normalized spacial score (nSPS) is 13.6. The van der Waals surface area contributed by atoms with Gasteiger partial charge in [0.25, 0.3) is 0 Å². The molecule has 0 saturated heterocycles. The predicted molar refractivity (Wildman–Crippen MR) is 107 cm³/mol. The number of hydrogen-bond donors (Lipinski definition) is 1. The molecule has 2 aromatic carbocycles. The Kier molecular flexibility index (Phi) is 4.25. The molecule has 3 aromatic rings. The van der Waals surface area contributed by atoms with Gasteiger partial charge in [-0.25, -0.2) is 9.37 Å². The minimum absolute atomic E-state index is 0.321. The van der Waals surface area contributed by atoms with Crippen LogP contribution in [0.5, 0.6) is 0 Å². The Labute approximate surface area is 157 Å². The fourth-order valence-electron chi connectivity index (χ4n) is 2.95. The number of halogens is 2. The summed E-state index contributed by atoms with van der Waals surface area (Å²) < 4.78 is 14.6. The number of benzene rings is 2. The summed E-state index contributed by atoms with van der Waals surface area (Å²) in [6.45, 7) is 7.72. The lowest BCUT2D eigenvalue weighted by Gasteiger charge is -2.11. The third-order valence-corrected chi connectivity index (χ3v) is 4.88. The van der Waals surface area contributed by atoms with Crippen LogP contribution in [0.15, 0.2) is 55.6 Å². The van der Waals surface area contributed by atoms with Gasteiger partial charge in [0.15, 0.2) is 0 Å². The molecule has 0 spiro atoms. The lowest BCUT2D eigenvalue weighted by Crippen LogP contribution is -2.14. The van der Waals surface area contributed by atoms with Crippen LogP contribution in [0, 0.1) is 5.82 Å². The maximum Gasteiger partial charge on any atom is 0.133 e. The third kappa shape index (κ3) is 3.23. The Bertz CT molecular complexity index is 1040. The lowest BCUT2D eigenvalue weighted by atomic mass is 10.0. The number of nitrogens with zero attached hydrogens (tertiary/aromatic N) is 1. The van der Waals surface area contributed by atoms with Crippen molar-refractivity contribution in [3.63, 3.8) is 0 Å². The molecule has 1 aliphatic carbocycles. The molecule has 1 aliphatic rings. The van der Waals surface area contributed by atoms with E-state index >= 15 is 0 Å². The van der Waals surface area contributed by atoms with E-state index in [0.717, 1.165) is 29.3 Å². The van der Waals surface area contributed by atoms with Gasteiger partial charge in [-0.3, -0.25) is 0 Å². The first-order chi connectivity index (χ1) is 12.5. The van der Waals surface area contributed by atoms with E-state index in [1.54, 1.807) is 18.2 Å². The molecule has 1 N–H and O–H groups in total. The van der Waals surface area contributed by atoms with E-state index in [1.807, 2.05) is 24.3 Å². The van der Waals surface area contributed by atoms with Crippen LogP contribution in [0.3, 0.4) is 0 Å². The lowest BCUT2D eigenvalue weighted by molar-refractivity contribution is 0.622. The van der Waals surface area contributed by atoms with Gasteiger partial charge in [-0.1, -0.05) is 49.0 Å². The van der Waals surface area contributed by atoms with Crippen LogP contribution >= 0.6 is 11.6 Å². The van der Waals surface area contributed by atoms with Gasteiger partial charge in [-0.15, -0.1) is 0 Å². The highest BCUT2D eigenvalue weighted by atomic mass is 35.5. The van der Waals surface area contributed by atoms with Crippen molar-refractivity contribution in [1.82, 2.24) is 10.3 Å². The fourth-order valence-corrected chi connectivity index (χ4v) is 3.21. The highest BCUT2D eigenvalue weighted by Crippen LogP contribution is 2.31. The summed E-state index contributed by atoms with van der Waals surface area (Å²) >= 11 is 6.41. The van der Waals surface area contributed by atoms with Gasteiger partial charge in [0, 0.05) is 28.3 Å². The van der Waals surface area contributed by atoms with Crippen LogP contribution in [-0.4, -0.2) is 11.0 Å². The average Bonchev–Trinajstić information content (AvgIpc) is 3.44. The monoisotopic (exact) mass is 364 g/mol. The first kappa shape index (κ1) is 16.8. The van der Waals surface area contributed by atoms with Gasteiger partial charge in [-0.2, -0.15) is 0 Å². The summed E-state index contributed by atoms with van der Waals surface area (Å²) in [5.74, 6) is -0.321. The summed E-state index contributed by atoms with van der Waals surface area (Å²) in [7, 11) is 0. The molecule has 0 bridgehead atoms. The number of hydrogen-bond acceptors (Lipinski definition) is 2. The summed E-state index contributed by atoms with van der Waals surface area (Å²) in [6.07, 6.45) is 3.99. The summed E-state index contributed by atoms with van der Waals surface area (Å²) in [5, 5.41) is 4.68. The average molecular weight is 365 g/mol. The van der Waals surface area contributed by atoms with Crippen molar-refractivity contribution >= 4 is 34.3 Å². The molecule has 4 heteroatoms. The van der Waals surface area contributed by atoms with Crippen LogP contribution in [0.2, 0.25) is 5.02 Å². The zero-order valence-corrected chi connectivity index (χ0v) is 15.0. The quantitative estimate of drug-likeness (QED) is 0.595. The fraction of sp³-hybridized carbons (Fsp3) is 0.136. The molecule has 26 heavy (non-hydrogen) atoms. The smallest absolute Gasteiger partial charge is 0.133 e. The molecule has 1 aromatic heterocycles. The van der Waals surface area contributed by atoms with E-state index in [2.05, 4.69) is 23.5 Å². The summed E-state index contributed by atoms with van der Waals surface area (Å²) in [6, 6.07) is 13.0. The Balaban J connectivity index is 1.73. The molecule has 130 valence electrons. The number of aromatic nitrogens is 1. The Hall–Kier alpha value is -2.65. The topological polar surface area (TPSA) is 24.9 Å². The van der Waals surface area contributed by atoms with E-state index in [4.69, 9.17) is 11.6 Å². The van der Waals surface area contributed by atoms with Crippen molar-refractivity contribution in [2.75, 3.05) is 0 Å². The number of rotatable bonds is 5. The molecule has 2 nitrogen and oxygen atoms in total. The van der Waals surface area contributed by atoms with Gasteiger partial charge in [0.1, 0.15) is 5.82 Å². The van der Waals surface area contributed by atoms with E-state index in [-0.39, 0.29) is 5.82 Å². The third-order valence-electron chi connectivity index (χ3n) is 4.56. The minimum Gasteiger partial charge on any atom is -0.382 e. The molecular weight excluding hydrogens is 347 g/mol. The predicted octanol–water partition coefficient (Wildman–Crippen LogP) is 6.06. The van der Waals surface area contributed by atoms with Crippen molar-refractivity contribution in [3.8, 4) is 11.3 Å². The van der Waals surface area contributed by atoms with Gasteiger partial charge in [0.05, 0.1) is 16.2 Å². The molecule has 0 radical (unpaired) electrons. The van der Waals surface area contributed by atoms with E-state index in [0.29, 0.717) is 33.6 Å². The SMILES string of the molecule is C=Cc1ccc2c(Cl)cc(-c3ccc(C(=C)NC4CC4)c(F)c3)nc2c1. The molecule has 0 atom stereocenters. The van der Waals surface area contributed by atoms with Crippen LogP contribution in [-0.2, 0) is 0 Å². The molecule has 0 amide bonds. The molecule has 1 heterocycles. The van der Waals surface area contributed by atoms with Crippen LogP contribution in [0.25, 0.3) is 33.9 Å². The zero-order chi connectivity index (χ0) is 18.3. The van der Waals surface area contributed by atoms with Crippen molar-refractivity contribution in [1.29, 1.82) is 0 Å². The van der Waals surface area contributed by atoms with Gasteiger partial charge >= 0.3 is 0 Å². The number of pyridine rings is 1. The molecular formula is C22H18ClFN2. The summed E-state index contributed by atoms with van der Waals surface area (Å²) in [5.41, 5.74) is 4.14.